The maximum Gasteiger partial charge on any atom is 0.123 e. The molecule has 1 heterocycles. The number of benzene rings is 1. The molecule has 0 saturated heterocycles. The molecule has 2 rings (SSSR count). The fraction of sp³-hybridized carbons (Fsp3) is 0.333. The van der Waals surface area contributed by atoms with Crippen LogP contribution < -0.4 is 11.3 Å². The van der Waals surface area contributed by atoms with Crippen molar-refractivity contribution in [3.05, 3.63) is 57.8 Å². The van der Waals surface area contributed by atoms with Gasteiger partial charge in [-0.15, -0.1) is 0 Å². The van der Waals surface area contributed by atoms with Gasteiger partial charge >= 0.3 is 0 Å². The van der Waals surface area contributed by atoms with Crippen LogP contribution in [0.5, 0.6) is 0 Å². The van der Waals surface area contributed by atoms with Gasteiger partial charge in [0.1, 0.15) is 17.3 Å². The van der Waals surface area contributed by atoms with Crippen LogP contribution in [0, 0.1) is 33.5 Å². The Morgan fingerprint density at radius 1 is 1.11 bits per heavy atom. The van der Waals surface area contributed by atoms with Crippen molar-refractivity contribution in [2.24, 2.45) is 5.84 Å². The molecular weight excluding hydrogens is 243 g/mol. The Morgan fingerprint density at radius 2 is 1.79 bits per heavy atom. The van der Waals surface area contributed by atoms with Gasteiger partial charge in [-0.2, -0.15) is 0 Å². The highest BCUT2D eigenvalue weighted by molar-refractivity contribution is 5.41. The molecule has 3 N–H and O–H groups in total. The van der Waals surface area contributed by atoms with Gasteiger partial charge in [-0.25, -0.2) is 9.82 Å². The predicted octanol–water partition coefficient (Wildman–Crippen LogP) is 3.21. The van der Waals surface area contributed by atoms with Crippen molar-refractivity contribution in [3.63, 3.8) is 0 Å². The van der Waals surface area contributed by atoms with Crippen LogP contribution in [0.4, 0.5) is 4.39 Å². The van der Waals surface area contributed by atoms with Crippen LogP contribution in [-0.4, -0.2) is 0 Å². The average molecular weight is 262 g/mol. The smallest absolute Gasteiger partial charge is 0.123 e. The zero-order chi connectivity index (χ0) is 14.2. The lowest BCUT2D eigenvalue weighted by Crippen LogP contribution is -2.29. The third kappa shape index (κ3) is 2.55. The Balaban J connectivity index is 2.56. The molecule has 0 bridgehead atoms. The number of nitrogens with two attached hydrogens (primary N) is 1. The summed E-state index contributed by atoms with van der Waals surface area (Å²) in [6.45, 7) is 7.65. The Bertz CT molecular complexity index is 584. The maximum atomic E-state index is 13.6. The first-order chi connectivity index (χ1) is 8.93. The van der Waals surface area contributed by atoms with Gasteiger partial charge in [0.05, 0.1) is 6.04 Å². The van der Waals surface area contributed by atoms with Crippen molar-refractivity contribution in [1.29, 1.82) is 0 Å². The van der Waals surface area contributed by atoms with E-state index in [2.05, 4.69) is 5.43 Å². The summed E-state index contributed by atoms with van der Waals surface area (Å²) in [5.41, 5.74) is 6.44. The molecular formula is C15H19FN2O. The minimum absolute atomic E-state index is 0.259. The number of aryl methyl sites for hydroxylation is 3. The summed E-state index contributed by atoms with van der Waals surface area (Å²) in [5, 5.41) is 0. The van der Waals surface area contributed by atoms with Gasteiger partial charge in [0, 0.05) is 5.56 Å². The van der Waals surface area contributed by atoms with Gasteiger partial charge in [-0.1, -0.05) is 6.07 Å². The van der Waals surface area contributed by atoms with E-state index in [4.69, 9.17) is 10.3 Å². The Hall–Kier alpha value is -1.65. The second kappa shape index (κ2) is 5.15. The monoisotopic (exact) mass is 262 g/mol. The Morgan fingerprint density at radius 3 is 2.26 bits per heavy atom. The summed E-state index contributed by atoms with van der Waals surface area (Å²) in [6, 6.07) is 4.65. The fourth-order valence-electron chi connectivity index (χ4n) is 2.51. The summed E-state index contributed by atoms with van der Waals surface area (Å²) in [6.07, 6.45) is 0. The average Bonchev–Trinajstić information content (AvgIpc) is 2.56. The zero-order valence-electron chi connectivity index (χ0n) is 11.7. The van der Waals surface area contributed by atoms with E-state index in [1.54, 1.807) is 0 Å². The summed E-state index contributed by atoms with van der Waals surface area (Å²) >= 11 is 0. The molecule has 1 unspecified atom stereocenters. The van der Waals surface area contributed by atoms with Crippen LogP contribution in [0.1, 0.15) is 39.8 Å². The van der Waals surface area contributed by atoms with Crippen LogP contribution in [0.3, 0.4) is 0 Å². The minimum Gasteiger partial charge on any atom is -0.466 e. The van der Waals surface area contributed by atoms with Crippen molar-refractivity contribution < 1.29 is 8.81 Å². The van der Waals surface area contributed by atoms with Crippen LogP contribution in [0.15, 0.2) is 22.6 Å². The third-order valence-corrected chi connectivity index (χ3v) is 3.47. The van der Waals surface area contributed by atoms with E-state index < -0.39 is 0 Å². The lowest BCUT2D eigenvalue weighted by atomic mass is 9.95. The molecule has 0 amide bonds. The molecule has 0 aliphatic rings. The zero-order valence-corrected chi connectivity index (χ0v) is 11.7. The predicted molar refractivity (Wildman–Crippen MR) is 73.2 cm³/mol. The number of rotatable bonds is 3. The minimum atomic E-state index is -0.271. The van der Waals surface area contributed by atoms with Crippen LogP contribution in [-0.2, 0) is 0 Å². The van der Waals surface area contributed by atoms with Crippen molar-refractivity contribution in [2.75, 3.05) is 0 Å². The molecule has 3 nitrogen and oxygen atoms in total. The molecule has 1 aromatic heterocycles. The van der Waals surface area contributed by atoms with Gasteiger partial charge in [0.15, 0.2) is 0 Å². The number of hydrogen-bond acceptors (Lipinski definition) is 3. The number of halogens is 1. The molecule has 0 spiro atoms. The molecule has 2 aromatic rings. The molecule has 0 aliphatic carbocycles. The third-order valence-electron chi connectivity index (χ3n) is 3.47. The molecule has 0 radical (unpaired) electrons. The van der Waals surface area contributed by atoms with E-state index in [0.717, 1.165) is 33.8 Å². The van der Waals surface area contributed by atoms with Crippen molar-refractivity contribution in [3.8, 4) is 0 Å². The quantitative estimate of drug-likeness (QED) is 0.659. The topological polar surface area (TPSA) is 51.2 Å². The fourth-order valence-corrected chi connectivity index (χ4v) is 2.51. The second-order valence-electron chi connectivity index (χ2n) is 4.91. The lowest BCUT2D eigenvalue weighted by molar-refractivity contribution is 0.493. The lowest BCUT2D eigenvalue weighted by Gasteiger charge is -2.18. The van der Waals surface area contributed by atoms with E-state index in [9.17, 15) is 4.39 Å². The largest absolute Gasteiger partial charge is 0.466 e. The van der Waals surface area contributed by atoms with E-state index in [0.29, 0.717) is 0 Å². The van der Waals surface area contributed by atoms with Gasteiger partial charge in [-0.05, 0) is 56.5 Å². The van der Waals surface area contributed by atoms with Gasteiger partial charge in [-0.3, -0.25) is 5.84 Å². The van der Waals surface area contributed by atoms with E-state index in [1.807, 2.05) is 33.8 Å². The second-order valence-corrected chi connectivity index (χ2v) is 4.91. The highest BCUT2D eigenvalue weighted by Gasteiger charge is 2.22. The summed E-state index contributed by atoms with van der Waals surface area (Å²) in [4.78, 5) is 0. The van der Waals surface area contributed by atoms with E-state index >= 15 is 0 Å². The standard InChI is InChI=1S/C15H19FN2O/c1-8-5-12(7-13(16)6-8)15(18-17)14-9(2)10(3)19-11(14)4/h5-7,15,18H,17H2,1-4H3. The normalized spacial score (nSPS) is 12.7. The molecule has 4 heteroatoms. The molecule has 0 fully saturated rings. The number of hydrazine groups is 1. The summed E-state index contributed by atoms with van der Waals surface area (Å²) < 4.78 is 19.2. The van der Waals surface area contributed by atoms with Gasteiger partial charge < -0.3 is 4.42 Å². The molecule has 0 saturated carbocycles. The van der Waals surface area contributed by atoms with E-state index in [-0.39, 0.29) is 11.9 Å². The number of hydrogen-bond donors (Lipinski definition) is 2. The summed E-state index contributed by atoms with van der Waals surface area (Å²) in [7, 11) is 0. The molecule has 102 valence electrons. The van der Waals surface area contributed by atoms with Crippen molar-refractivity contribution >= 4 is 0 Å². The Kier molecular flexibility index (Phi) is 3.73. The molecule has 0 aliphatic heterocycles. The number of furan rings is 1. The first-order valence-corrected chi connectivity index (χ1v) is 6.23. The van der Waals surface area contributed by atoms with Crippen LogP contribution in [0.25, 0.3) is 0 Å². The summed E-state index contributed by atoms with van der Waals surface area (Å²) in [5.74, 6) is 7.08. The SMILES string of the molecule is Cc1cc(F)cc(C(NN)c2c(C)oc(C)c2C)c1. The first kappa shape index (κ1) is 13.8. The van der Waals surface area contributed by atoms with Crippen LogP contribution >= 0.6 is 0 Å². The van der Waals surface area contributed by atoms with Crippen molar-refractivity contribution in [2.45, 2.75) is 33.7 Å². The van der Waals surface area contributed by atoms with Crippen LogP contribution in [0.2, 0.25) is 0 Å². The first-order valence-electron chi connectivity index (χ1n) is 6.23. The Labute approximate surface area is 112 Å². The van der Waals surface area contributed by atoms with Gasteiger partial charge in [0.2, 0.25) is 0 Å². The van der Waals surface area contributed by atoms with Gasteiger partial charge in [0.25, 0.3) is 0 Å². The highest BCUT2D eigenvalue weighted by Crippen LogP contribution is 2.31. The van der Waals surface area contributed by atoms with E-state index in [1.165, 1.54) is 12.1 Å². The maximum absolute atomic E-state index is 13.6. The highest BCUT2D eigenvalue weighted by atomic mass is 19.1. The molecule has 1 atom stereocenters. The number of nitrogens with one attached hydrogen (secondary N) is 1. The molecule has 1 aromatic carbocycles. The van der Waals surface area contributed by atoms with Crippen molar-refractivity contribution in [1.82, 2.24) is 5.43 Å². The molecule has 19 heavy (non-hydrogen) atoms.